The van der Waals surface area contributed by atoms with E-state index in [9.17, 15) is 4.79 Å². The summed E-state index contributed by atoms with van der Waals surface area (Å²) in [7, 11) is 0. The van der Waals surface area contributed by atoms with Crippen molar-refractivity contribution < 1.29 is 9.53 Å². The third kappa shape index (κ3) is 5.34. The van der Waals surface area contributed by atoms with Gasteiger partial charge < -0.3 is 10.1 Å². The predicted molar refractivity (Wildman–Crippen MR) is 96.3 cm³/mol. The number of amides is 1. The molecule has 1 heterocycles. The number of nitrogens with zero attached hydrogens (tertiary/aromatic N) is 1. The molecule has 1 aliphatic carbocycles. The van der Waals surface area contributed by atoms with Gasteiger partial charge in [0.25, 0.3) is 5.19 Å². The molecule has 1 amide bonds. The molecule has 1 fully saturated rings. The zero-order valence-corrected chi connectivity index (χ0v) is 14.7. The second kappa shape index (κ2) is 8.83. The number of hydrogen-bond donors (Lipinski definition) is 1. The monoisotopic (exact) mass is 344 g/mol. The Balaban J connectivity index is 1.38. The molecule has 1 N–H and O–H groups in total. The quantitative estimate of drug-likeness (QED) is 0.776. The van der Waals surface area contributed by atoms with E-state index in [1.165, 1.54) is 43.4 Å². The van der Waals surface area contributed by atoms with Crippen molar-refractivity contribution in [2.75, 3.05) is 0 Å². The fourth-order valence-corrected chi connectivity index (χ4v) is 3.64. The maximum atomic E-state index is 12.0. The van der Waals surface area contributed by atoms with Crippen molar-refractivity contribution >= 4 is 17.2 Å². The molecule has 4 nitrogen and oxygen atoms in total. The first kappa shape index (κ1) is 17.0. The van der Waals surface area contributed by atoms with Gasteiger partial charge in [-0.15, -0.1) is 0 Å². The third-order valence-electron chi connectivity index (χ3n) is 4.53. The number of carbonyl (C=O) groups is 1. The number of benzene rings is 1. The van der Waals surface area contributed by atoms with Crippen LogP contribution in [0.25, 0.3) is 0 Å². The molecule has 0 unspecified atom stereocenters. The largest absolute Gasteiger partial charge is 0.431 e. The number of ether oxygens (including phenoxy) is 1. The molecule has 0 saturated heterocycles. The lowest BCUT2D eigenvalue weighted by atomic mass is 9.86. The summed E-state index contributed by atoms with van der Waals surface area (Å²) in [6.07, 6.45) is 10.0. The molecule has 1 aliphatic rings. The summed E-state index contributed by atoms with van der Waals surface area (Å²) in [5, 5.41) is 5.53. The Bertz CT molecular complexity index is 619. The van der Waals surface area contributed by atoms with E-state index in [2.05, 4.69) is 10.3 Å². The first-order valence-corrected chi connectivity index (χ1v) is 9.60. The predicted octanol–water partition coefficient (Wildman–Crippen LogP) is 4.91. The van der Waals surface area contributed by atoms with Gasteiger partial charge in [0.05, 0.1) is 0 Å². The minimum absolute atomic E-state index is 0.156. The highest BCUT2D eigenvalue weighted by Crippen LogP contribution is 2.27. The number of rotatable bonds is 7. The highest BCUT2D eigenvalue weighted by molar-refractivity contribution is 7.11. The van der Waals surface area contributed by atoms with Crippen LogP contribution in [0.15, 0.2) is 35.8 Å². The van der Waals surface area contributed by atoms with E-state index in [-0.39, 0.29) is 5.91 Å². The number of aromatic nitrogens is 1. The smallest absolute Gasteiger partial charge is 0.278 e. The Labute approximate surface area is 147 Å². The molecule has 0 aliphatic heterocycles. The van der Waals surface area contributed by atoms with Crippen molar-refractivity contribution in [3.05, 3.63) is 41.4 Å². The van der Waals surface area contributed by atoms with Crippen molar-refractivity contribution in [2.24, 2.45) is 5.92 Å². The zero-order chi connectivity index (χ0) is 16.6. The van der Waals surface area contributed by atoms with Crippen LogP contribution in [0.5, 0.6) is 10.9 Å². The Hall–Kier alpha value is -1.88. The van der Waals surface area contributed by atoms with Gasteiger partial charge in [0.2, 0.25) is 5.91 Å². The summed E-state index contributed by atoms with van der Waals surface area (Å²) in [5.41, 5.74) is 1.08. The molecule has 0 radical (unpaired) electrons. The summed E-state index contributed by atoms with van der Waals surface area (Å²) >= 11 is 1.46. The Morgan fingerprint density at radius 3 is 2.71 bits per heavy atom. The van der Waals surface area contributed by atoms with E-state index in [0.717, 1.165) is 23.7 Å². The van der Waals surface area contributed by atoms with Gasteiger partial charge in [-0.3, -0.25) is 4.79 Å². The molecule has 0 atom stereocenters. The first-order chi connectivity index (χ1) is 11.8. The van der Waals surface area contributed by atoms with Crippen LogP contribution < -0.4 is 10.1 Å². The molecule has 0 spiro atoms. The normalized spacial score (nSPS) is 15.2. The number of thiazole rings is 1. The molecular formula is C19H24N2O2S. The first-order valence-electron chi connectivity index (χ1n) is 8.72. The minimum atomic E-state index is 0.156. The maximum Gasteiger partial charge on any atom is 0.278 e. The van der Waals surface area contributed by atoms with Crippen molar-refractivity contribution in [1.29, 1.82) is 0 Å². The van der Waals surface area contributed by atoms with E-state index >= 15 is 0 Å². The molecule has 2 aromatic rings. The van der Waals surface area contributed by atoms with E-state index in [0.29, 0.717) is 18.2 Å². The molecule has 5 heteroatoms. The van der Waals surface area contributed by atoms with E-state index < -0.39 is 0 Å². The van der Waals surface area contributed by atoms with Crippen LogP contribution in [0.3, 0.4) is 0 Å². The SMILES string of the molecule is O=C(CCC1CCCCC1)NCc1ccc(Oc2nccs2)cc1. The van der Waals surface area contributed by atoms with Gasteiger partial charge in [-0.25, -0.2) is 4.98 Å². The maximum absolute atomic E-state index is 12.0. The third-order valence-corrected chi connectivity index (χ3v) is 5.18. The van der Waals surface area contributed by atoms with Gasteiger partial charge in [-0.1, -0.05) is 55.6 Å². The molecule has 1 saturated carbocycles. The van der Waals surface area contributed by atoms with Crippen molar-refractivity contribution in [3.63, 3.8) is 0 Å². The van der Waals surface area contributed by atoms with Gasteiger partial charge in [-0.2, -0.15) is 0 Å². The van der Waals surface area contributed by atoms with Gasteiger partial charge >= 0.3 is 0 Å². The Morgan fingerprint density at radius 1 is 1.21 bits per heavy atom. The summed E-state index contributed by atoms with van der Waals surface area (Å²) < 4.78 is 5.62. The van der Waals surface area contributed by atoms with Gasteiger partial charge in [-0.05, 0) is 30.0 Å². The standard InChI is InChI=1S/C19H24N2O2S/c22-18(11-8-15-4-2-1-3-5-15)21-14-16-6-9-17(10-7-16)23-19-20-12-13-24-19/h6-7,9-10,12-13,15H,1-5,8,11,14H2,(H,21,22). The van der Waals surface area contributed by atoms with Crippen LogP contribution in [0.2, 0.25) is 0 Å². The van der Waals surface area contributed by atoms with Crippen LogP contribution in [-0.2, 0) is 11.3 Å². The molecule has 1 aromatic heterocycles. The molecule has 3 rings (SSSR count). The molecule has 1 aromatic carbocycles. The van der Waals surface area contributed by atoms with Crippen LogP contribution in [-0.4, -0.2) is 10.9 Å². The number of carbonyl (C=O) groups excluding carboxylic acids is 1. The summed E-state index contributed by atoms with van der Waals surface area (Å²) in [6.45, 7) is 0.570. The van der Waals surface area contributed by atoms with E-state index in [1.54, 1.807) is 6.20 Å². The average molecular weight is 344 g/mol. The summed E-state index contributed by atoms with van der Waals surface area (Å²) in [5.74, 6) is 1.67. The van der Waals surface area contributed by atoms with E-state index in [1.807, 2.05) is 29.6 Å². The van der Waals surface area contributed by atoms with Crippen LogP contribution in [0.1, 0.15) is 50.5 Å². The van der Waals surface area contributed by atoms with E-state index in [4.69, 9.17) is 4.74 Å². The van der Waals surface area contributed by atoms with Gasteiger partial charge in [0.15, 0.2) is 0 Å². The Kier molecular flexibility index (Phi) is 6.24. The Morgan fingerprint density at radius 2 is 2.00 bits per heavy atom. The molecular weight excluding hydrogens is 320 g/mol. The molecule has 0 bridgehead atoms. The van der Waals surface area contributed by atoms with Gasteiger partial charge in [0.1, 0.15) is 5.75 Å². The second-order valence-corrected chi connectivity index (χ2v) is 7.22. The van der Waals surface area contributed by atoms with Gasteiger partial charge in [0, 0.05) is 24.5 Å². The summed E-state index contributed by atoms with van der Waals surface area (Å²) in [6, 6.07) is 7.77. The number of nitrogens with one attached hydrogen (secondary N) is 1. The van der Waals surface area contributed by atoms with Crippen LogP contribution in [0.4, 0.5) is 0 Å². The zero-order valence-electron chi connectivity index (χ0n) is 13.9. The lowest BCUT2D eigenvalue weighted by molar-refractivity contribution is -0.121. The lowest BCUT2D eigenvalue weighted by Crippen LogP contribution is -2.23. The topological polar surface area (TPSA) is 51.2 Å². The summed E-state index contributed by atoms with van der Waals surface area (Å²) in [4.78, 5) is 16.1. The van der Waals surface area contributed by atoms with Crippen LogP contribution >= 0.6 is 11.3 Å². The fraction of sp³-hybridized carbons (Fsp3) is 0.474. The minimum Gasteiger partial charge on any atom is -0.431 e. The molecule has 128 valence electrons. The van der Waals surface area contributed by atoms with Crippen molar-refractivity contribution in [2.45, 2.75) is 51.5 Å². The molecule has 24 heavy (non-hydrogen) atoms. The number of hydrogen-bond acceptors (Lipinski definition) is 4. The average Bonchev–Trinajstić information content (AvgIpc) is 3.13. The second-order valence-electron chi connectivity index (χ2n) is 6.36. The fourth-order valence-electron chi connectivity index (χ4n) is 3.14. The highest BCUT2D eigenvalue weighted by Gasteiger charge is 2.14. The lowest BCUT2D eigenvalue weighted by Gasteiger charge is -2.21. The van der Waals surface area contributed by atoms with Crippen molar-refractivity contribution in [1.82, 2.24) is 10.3 Å². The highest BCUT2D eigenvalue weighted by atomic mass is 32.1. The van der Waals surface area contributed by atoms with Crippen molar-refractivity contribution in [3.8, 4) is 10.9 Å². The van der Waals surface area contributed by atoms with Crippen LogP contribution in [0, 0.1) is 5.92 Å².